The summed E-state index contributed by atoms with van der Waals surface area (Å²) in [6, 6.07) is 9.65. The van der Waals surface area contributed by atoms with E-state index >= 15 is 0 Å². The number of hydrogen-bond donors (Lipinski definition) is 1. The molecular formula is C16H16N4O. The van der Waals surface area contributed by atoms with Gasteiger partial charge in [-0.05, 0) is 32.0 Å². The lowest BCUT2D eigenvalue weighted by Crippen LogP contribution is -2.14. The summed E-state index contributed by atoms with van der Waals surface area (Å²) in [5.41, 5.74) is 3.32. The van der Waals surface area contributed by atoms with Gasteiger partial charge in [0.25, 0.3) is 5.91 Å². The van der Waals surface area contributed by atoms with Crippen molar-refractivity contribution < 1.29 is 4.79 Å². The number of nitrogens with zero attached hydrogens (tertiary/aromatic N) is 3. The standard InChI is InChI=1S/C16H16N4O/c1-10-4-5-14-12(8-10)9-13(11(2)17-14)16(21)18-15-6-7-20(3)19-15/h4-9H,1-3H3,(H,18,19,21). The SMILES string of the molecule is Cc1ccc2nc(C)c(C(=O)Nc3ccn(C)n3)cc2c1. The van der Waals surface area contributed by atoms with Crippen molar-refractivity contribution in [3.63, 3.8) is 0 Å². The van der Waals surface area contributed by atoms with Crippen LogP contribution in [-0.2, 0) is 7.05 Å². The fourth-order valence-corrected chi connectivity index (χ4v) is 2.29. The number of amides is 1. The molecule has 0 aliphatic carbocycles. The van der Waals surface area contributed by atoms with Crippen molar-refractivity contribution in [1.82, 2.24) is 14.8 Å². The van der Waals surface area contributed by atoms with Crippen LogP contribution in [0.3, 0.4) is 0 Å². The van der Waals surface area contributed by atoms with Crippen molar-refractivity contribution in [1.29, 1.82) is 0 Å². The highest BCUT2D eigenvalue weighted by atomic mass is 16.1. The highest BCUT2D eigenvalue weighted by Crippen LogP contribution is 2.19. The molecule has 0 spiro atoms. The number of pyridine rings is 1. The van der Waals surface area contributed by atoms with Crippen molar-refractivity contribution in [3.05, 3.63) is 53.3 Å². The van der Waals surface area contributed by atoms with Gasteiger partial charge in [0.05, 0.1) is 16.8 Å². The van der Waals surface area contributed by atoms with Gasteiger partial charge in [-0.25, -0.2) is 0 Å². The maximum atomic E-state index is 12.4. The predicted octanol–water partition coefficient (Wildman–Crippen LogP) is 2.84. The first-order chi connectivity index (χ1) is 10.0. The van der Waals surface area contributed by atoms with Crippen molar-refractivity contribution in [2.24, 2.45) is 7.05 Å². The summed E-state index contributed by atoms with van der Waals surface area (Å²) in [5, 5.41) is 7.90. The molecule has 0 fully saturated rings. The van der Waals surface area contributed by atoms with E-state index in [1.807, 2.05) is 38.1 Å². The zero-order chi connectivity index (χ0) is 15.0. The van der Waals surface area contributed by atoms with E-state index in [-0.39, 0.29) is 5.91 Å². The van der Waals surface area contributed by atoms with E-state index < -0.39 is 0 Å². The lowest BCUT2D eigenvalue weighted by atomic mass is 10.1. The molecule has 0 saturated heterocycles. The van der Waals surface area contributed by atoms with Gasteiger partial charge < -0.3 is 5.32 Å². The number of benzene rings is 1. The Morgan fingerprint density at radius 3 is 2.71 bits per heavy atom. The smallest absolute Gasteiger partial charge is 0.258 e. The van der Waals surface area contributed by atoms with Crippen LogP contribution in [0.1, 0.15) is 21.6 Å². The summed E-state index contributed by atoms with van der Waals surface area (Å²) >= 11 is 0. The molecule has 0 radical (unpaired) electrons. The van der Waals surface area contributed by atoms with Crippen LogP contribution < -0.4 is 5.32 Å². The van der Waals surface area contributed by atoms with E-state index in [0.717, 1.165) is 16.5 Å². The molecule has 5 heteroatoms. The molecule has 0 aliphatic heterocycles. The maximum absolute atomic E-state index is 12.4. The molecule has 0 unspecified atom stereocenters. The molecule has 1 aromatic carbocycles. The molecule has 106 valence electrons. The Morgan fingerprint density at radius 1 is 1.19 bits per heavy atom. The van der Waals surface area contributed by atoms with Gasteiger partial charge in [0.2, 0.25) is 0 Å². The Bertz CT molecular complexity index is 835. The van der Waals surface area contributed by atoms with Crippen LogP contribution in [-0.4, -0.2) is 20.7 Å². The zero-order valence-corrected chi connectivity index (χ0v) is 12.2. The minimum Gasteiger partial charge on any atom is -0.305 e. The topological polar surface area (TPSA) is 59.8 Å². The minimum atomic E-state index is -0.192. The van der Waals surface area contributed by atoms with Crippen molar-refractivity contribution in [2.75, 3.05) is 5.32 Å². The Hall–Kier alpha value is -2.69. The van der Waals surface area contributed by atoms with Gasteiger partial charge in [-0.3, -0.25) is 14.5 Å². The summed E-state index contributed by atoms with van der Waals surface area (Å²) in [4.78, 5) is 16.9. The largest absolute Gasteiger partial charge is 0.305 e. The molecule has 5 nitrogen and oxygen atoms in total. The fraction of sp³-hybridized carbons (Fsp3) is 0.188. The number of fused-ring (bicyclic) bond motifs is 1. The highest BCUT2D eigenvalue weighted by molar-refractivity contribution is 6.06. The third-order valence-electron chi connectivity index (χ3n) is 3.36. The Labute approximate surface area is 122 Å². The number of aromatic nitrogens is 3. The van der Waals surface area contributed by atoms with Crippen molar-refractivity contribution in [3.8, 4) is 0 Å². The second-order valence-corrected chi connectivity index (χ2v) is 5.15. The average molecular weight is 280 g/mol. The maximum Gasteiger partial charge on any atom is 0.258 e. The number of aryl methyl sites for hydroxylation is 3. The predicted molar refractivity (Wildman–Crippen MR) is 82.4 cm³/mol. The first-order valence-electron chi connectivity index (χ1n) is 6.72. The summed E-state index contributed by atoms with van der Waals surface area (Å²) in [7, 11) is 1.81. The molecule has 3 rings (SSSR count). The number of anilines is 1. The van der Waals surface area contributed by atoms with E-state index in [4.69, 9.17) is 0 Å². The average Bonchev–Trinajstić information content (AvgIpc) is 2.83. The van der Waals surface area contributed by atoms with Crippen LogP contribution in [0.25, 0.3) is 10.9 Å². The van der Waals surface area contributed by atoms with Crippen LogP contribution >= 0.6 is 0 Å². The van der Waals surface area contributed by atoms with Crippen LogP contribution in [0.15, 0.2) is 36.5 Å². The second-order valence-electron chi connectivity index (χ2n) is 5.15. The first kappa shape index (κ1) is 13.3. The summed E-state index contributed by atoms with van der Waals surface area (Å²) in [6.07, 6.45) is 1.78. The molecular weight excluding hydrogens is 264 g/mol. The van der Waals surface area contributed by atoms with Gasteiger partial charge in [-0.2, -0.15) is 5.10 Å². The third kappa shape index (κ3) is 2.63. The highest BCUT2D eigenvalue weighted by Gasteiger charge is 2.13. The number of hydrogen-bond acceptors (Lipinski definition) is 3. The van der Waals surface area contributed by atoms with E-state index in [9.17, 15) is 4.79 Å². The van der Waals surface area contributed by atoms with Crippen LogP contribution in [0.2, 0.25) is 0 Å². The van der Waals surface area contributed by atoms with E-state index in [1.165, 1.54) is 0 Å². The second kappa shape index (κ2) is 5.01. The summed E-state index contributed by atoms with van der Waals surface area (Å²) in [6.45, 7) is 3.86. The first-order valence-corrected chi connectivity index (χ1v) is 6.72. The lowest BCUT2D eigenvalue weighted by molar-refractivity contribution is 0.102. The number of carbonyl (C=O) groups excluding carboxylic acids is 1. The normalized spacial score (nSPS) is 10.8. The van der Waals surface area contributed by atoms with Crippen LogP contribution in [0, 0.1) is 13.8 Å². The fourth-order valence-electron chi connectivity index (χ4n) is 2.29. The monoisotopic (exact) mass is 280 g/mol. The minimum absolute atomic E-state index is 0.192. The van der Waals surface area contributed by atoms with Gasteiger partial charge in [0.15, 0.2) is 5.82 Å². The molecule has 0 saturated carbocycles. The van der Waals surface area contributed by atoms with Gasteiger partial charge in [0.1, 0.15) is 0 Å². The molecule has 0 aliphatic rings. The number of nitrogens with one attached hydrogen (secondary N) is 1. The molecule has 1 amide bonds. The van der Waals surface area contributed by atoms with Gasteiger partial charge in [0, 0.05) is 24.7 Å². The third-order valence-corrected chi connectivity index (χ3v) is 3.36. The van der Waals surface area contributed by atoms with Gasteiger partial charge in [-0.1, -0.05) is 11.6 Å². The van der Waals surface area contributed by atoms with E-state index in [0.29, 0.717) is 17.1 Å². The molecule has 2 heterocycles. The summed E-state index contributed by atoms with van der Waals surface area (Å²) < 4.78 is 1.64. The molecule has 3 aromatic rings. The molecule has 2 aromatic heterocycles. The van der Waals surface area contributed by atoms with Crippen LogP contribution in [0.5, 0.6) is 0 Å². The van der Waals surface area contributed by atoms with Crippen molar-refractivity contribution >= 4 is 22.6 Å². The Morgan fingerprint density at radius 2 is 2.00 bits per heavy atom. The van der Waals surface area contributed by atoms with Crippen molar-refractivity contribution in [2.45, 2.75) is 13.8 Å². The Kier molecular flexibility index (Phi) is 3.17. The van der Waals surface area contributed by atoms with Gasteiger partial charge in [-0.15, -0.1) is 0 Å². The molecule has 1 N–H and O–H groups in total. The summed E-state index contributed by atoms with van der Waals surface area (Å²) in [5.74, 6) is 0.341. The molecule has 21 heavy (non-hydrogen) atoms. The van der Waals surface area contributed by atoms with E-state index in [2.05, 4.69) is 15.4 Å². The number of carbonyl (C=O) groups is 1. The zero-order valence-electron chi connectivity index (χ0n) is 12.2. The Balaban J connectivity index is 1.98. The molecule has 0 bridgehead atoms. The van der Waals surface area contributed by atoms with Gasteiger partial charge >= 0.3 is 0 Å². The molecule has 0 atom stereocenters. The van der Waals surface area contributed by atoms with Crippen LogP contribution in [0.4, 0.5) is 5.82 Å². The lowest BCUT2D eigenvalue weighted by Gasteiger charge is -2.08. The quantitative estimate of drug-likeness (QED) is 0.785. The number of rotatable bonds is 2. The van der Waals surface area contributed by atoms with E-state index in [1.54, 1.807) is 24.0 Å².